The molecule has 172 valence electrons. The highest BCUT2D eigenvalue weighted by atomic mass is 32.2. The first-order chi connectivity index (χ1) is 15.4. The smallest absolute Gasteiger partial charge is 0.378 e. The Labute approximate surface area is 187 Å². The molecule has 1 aromatic carbocycles. The third kappa shape index (κ3) is 4.73. The zero-order chi connectivity index (χ0) is 22.3. The van der Waals surface area contributed by atoms with E-state index in [4.69, 9.17) is 4.74 Å². The van der Waals surface area contributed by atoms with Gasteiger partial charge >= 0.3 is 6.18 Å². The number of halogens is 3. The summed E-state index contributed by atoms with van der Waals surface area (Å²) in [5, 5.41) is 12.0. The van der Waals surface area contributed by atoms with E-state index >= 15 is 0 Å². The summed E-state index contributed by atoms with van der Waals surface area (Å²) in [5.74, 6) is 1.14. The van der Waals surface area contributed by atoms with Crippen molar-refractivity contribution in [1.82, 2.24) is 14.8 Å². The normalized spacial score (nSPS) is 19.3. The van der Waals surface area contributed by atoms with E-state index in [1.54, 1.807) is 0 Å². The Morgan fingerprint density at radius 1 is 1.16 bits per heavy atom. The molecule has 1 aliphatic heterocycles. The van der Waals surface area contributed by atoms with E-state index in [9.17, 15) is 18.0 Å². The van der Waals surface area contributed by atoms with Gasteiger partial charge in [-0.15, -0.1) is 10.2 Å². The van der Waals surface area contributed by atoms with Crippen molar-refractivity contribution in [2.24, 2.45) is 0 Å². The Morgan fingerprint density at radius 2 is 1.91 bits per heavy atom. The van der Waals surface area contributed by atoms with Crippen molar-refractivity contribution >= 4 is 29.0 Å². The predicted octanol–water partition coefficient (Wildman–Crippen LogP) is 4.08. The molecular weight excluding hydrogens is 443 g/mol. The number of rotatable bonds is 7. The lowest BCUT2D eigenvalue weighted by molar-refractivity contribution is -0.137. The van der Waals surface area contributed by atoms with Crippen molar-refractivity contribution in [3.05, 3.63) is 29.6 Å². The predicted molar refractivity (Wildman–Crippen MR) is 114 cm³/mol. The van der Waals surface area contributed by atoms with E-state index in [0.717, 1.165) is 43.6 Å². The molecule has 1 saturated heterocycles. The molecule has 7 nitrogen and oxygen atoms in total. The number of hydrogen-bond acceptors (Lipinski definition) is 6. The molecule has 1 N–H and O–H groups in total. The summed E-state index contributed by atoms with van der Waals surface area (Å²) in [4.78, 5) is 14.6. The first-order valence-corrected chi connectivity index (χ1v) is 11.8. The molecule has 1 aromatic heterocycles. The number of carbonyl (C=O) groups is 1. The average Bonchev–Trinajstić information content (AvgIpc) is 3.71. The first kappa shape index (κ1) is 21.6. The van der Waals surface area contributed by atoms with Crippen LogP contribution in [0.15, 0.2) is 23.4 Å². The topological polar surface area (TPSA) is 72.3 Å². The number of alkyl halides is 3. The second kappa shape index (κ2) is 8.58. The molecule has 0 bridgehead atoms. The fraction of sp³-hybridized carbons (Fsp3) is 0.571. The van der Waals surface area contributed by atoms with Crippen molar-refractivity contribution in [2.75, 3.05) is 42.3 Å². The minimum atomic E-state index is -4.49. The third-order valence-corrected chi connectivity index (χ3v) is 6.77. The number of anilines is 2. The van der Waals surface area contributed by atoms with E-state index in [1.807, 2.05) is 4.90 Å². The summed E-state index contributed by atoms with van der Waals surface area (Å²) in [5.41, 5.74) is -0.0634. The molecular formula is C21H24F3N5O2S. The lowest BCUT2D eigenvalue weighted by Crippen LogP contribution is -2.37. The van der Waals surface area contributed by atoms with Crippen molar-refractivity contribution in [2.45, 2.75) is 49.0 Å². The lowest BCUT2D eigenvalue weighted by Gasteiger charge is -2.31. The Morgan fingerprint density at radius 3 is 2.56 bits per heavy atom. The number of morpholine rings is 1. The highest BCUT2D eigenvalue weighted by Crippen LogP contribution is 2.46. The molecule has 11 heteroatoms. The Balaban J connectivity index is 1.31. The second-order valence-corrected chi connectivity index (χ2v) is 9.32. The molecule has 1 amide bonds. The maximum Gasteiger partial charge on any atom is 0.416 e. The van der Waals surface area contributed by atoms with Gasteiger partial charge in [0, 0.05) is 25.0 Å². The van der Waals surface area contributed by atoms with Gasteiger partial charge in [-0.2, -0.15) is 13.2 Å². The lowest BCUT2D eigenvalue weighted by atomic mass is 10.1. The van der Waals surface area contributed by atoms with Gasteiger partial charge in [-0.05, 0) is 43.9 Å². The molecule has 5 rings (SSSR count). The van der Waals surface area contributed by atoms with Crippen LogP contribution in [0.5, 0.6) is 0 Å². The molecule has 2 heterocycles. The molecule has 3 fully saturated rings. The van der Waals surface area contributed by atoms with Crippen LogP contribution in [0.2, 0.25) is 0 Å². The number of amides is 1. The largest absolute Gasteiger partial charge is 0.416 e. The van der Waals surface area contributed by atoms with Crippen LogP contribution in [0.4, 0.5) is 24.5 Å². The highest BCUT2D eigenvalue weighted by molar-refractivity contribution is 7.99. The zero-order valence-corrected chi connectivity index (χ0v) is 18.2. The maximum atomic E-state index is 13.3. The van der Waals surface area contributed by atoms with Crippen molar-refractivity contribution in [3.63, 3.8) is 0 Å². The summed E-state index contributed by atoms with van der Waals surface area (Å²) in [7, 11) is 0. The maximum absolute atomic E-state index is 13.3. The minimum Gasteiger partial charge on any atom is -0.378 e. The van der Waals surface area contributed by atoms with Gasteiger partial charge in [0.25, 0.3) is 0 Å². The van der Waals surface area contributed by atoms with Gasteiger partial charge in [-0.25, -0.2) is 0 Å². The van der Waals surface area contributed by atoms with Crippen LogP contribution < -0.4 is 10.2 Å². The van der Waals surface area contributed by atoms with E-state index in [0.29, 0.717) is 49.1 Å². The van der Waals surface area contributed by atoms with Gasteiger partial charge in [0.1, 0.15) is 5.82 Å². The fourth-order valence-corrected chi connectivity index (χ4v) is 4.70. The SMILES string of the molecule is O=C(CSc1nnc(C2CC2)n1C1CC1)Nc1cc(C(F)(F)F)ccc1N1CCOCC1. The van der Waals surface area contributed by atoms with E-state index in [2.05, 4.69) is 20.1 Å². The molecule has 2 aliphatic carbocycles. The molecule has 0 unspecified atom stereocenters. The van der Waals surface area contributed by atoms with Crippen molar-refractivity contribution < 1.29 is 22.7 Å². The van der Waals surface area contributed by atoms with Crippen LogP contribution in [-0.2, 0) is 15.7 Å². The summed E-state index contributed by atoms with van der Waals surface area (Å²) in [6.45, 7) is 2.09. The molecule has 0 spiro atoms. The molecule has 3 aliphatic rings. The van der Waals surface area contributed by atoms with Crippen molar-refractivity contribution in [3.8, 4) is 0 Å². The van der Waals surface area contributed by atoms with Crippen LogP contribution in [-0.4, -0.2) is 52.7 Å². The molecule has 32 heavy (non-hydrogen) atoms. The Hall–Kier alpha value is -2.27. The minimum absolute atomic E-state index is 0.0499. The monoisotopic (exact) mass is 467 g/mol. The number of ether oxygens (including phenoxy) is 1. The number of thioether (sulfide) groups is 1. The number of benzene rings is 1. The molecule has 0 radical (unpaired) electrons. The number of nitrogens with zero attached hydrogens (tertiary/aromatic N) is 4. The highest BCUT2D eigenvalue weighted by Gasteiger charge is 2.36. The van der Waals surface area contributed by atoms with E-state index in [1.165, 1.54) is 17.8 Å². The fourth-order valence-electron chi connectivity index (χ4n) is 3.89. The van der Waals surface area contributed by atoms with Gasteiger partial charge in [0.05, 0.1) is 35.9 Å². The third-order valence-electron chi connectivity index (χ3n) is 5.83. The van der Waals surface area contributed by atoms with Gasteiger partial charge in [0.2, 0.25) is 5.91 Å². The van der Waals surface area contributed by atoms with Crippen molar-refractivity contribution in [1.29, 1.82) is 0 Å². The van der Waals surface area contributed by atoms with Crippen LogP contribution >= 0.6 is 11.8 Å². The van der Waals surface area contributed by atoms with Gasteiger partial charge in [-0.3, -0.25) is 4.79 Å². The molecule has 0 atom stereocenters. The first-order valence-electron chi connectivity index (χ1n) is 10.8. The number of carbonyl (C=O) groups excluding carboxylic acids is 1. The zero-order valence-electron chi connectivity index (χ0n) is 17.4. The van der Waals surface area contributed by atoms with Gasteiger partial charge in [-0.1, -0.05) is 11.8 Å². The Bertz CT molecular complexity index is 998. The van der Waals surface area contributed by atoms with Crippen LogP contribution in [0.3, 0.4) is 0 Å². The van der Waals surface area contributed by atoms with Gasteiger partial charge in [0.15, 0.2) is 5.16 Å². The summed E-state index contributed by atoms with van der Waals surface area (Å²) >= 11 is 1.28. The van der Waals surface area contributed by atoms with E-state index < -0.39 is 11.7 Å². The quantitative estimate of drug-likeness (QED) is 0.619. The average molecular weight is 468 g/mol. The molecule has 2 saturated carbocycles. The number of nitrogens with one attached hydrogen (secondary N) is 1. The van der Waals surface area contributed by atoms with Crippen LogP contribution in [0.25, 0.3) is 0 Å². The summed E-state index contributed by atoms with van der Waals surface area (Å²) in [6.07, 6.45) is -0.0707. The van der Waals surface area contributed by atoms with Gasteiger partial charge < -0.3 is 19.5 Å². The standard InChI is InChI=1S/C21H24F3N5O2S/c22-21(23,24)14-3-6-17(28-7-9-31-10-8-28)16(11-14)25-18(30)12-32-20-27-26-19(13-1-2-13)29(20)15-4-5-15/h3,6,11,13,15H,1-2,4-5,7-10,12H2,(H,25,30). The van der Waals surface area contributed by atoms with Crippen LogP contribution in [0, 0.1) is 0 Å². The Kier molecular flexibility index (Phi) is 5.79. The van der Waals surface area contributed by atoms with Crippen LogP contribution in [0.1, 0.15) is 49.0 Å². The number of hydrogen-bond donors (Lipinski definition) is 1. The molecule has 2 aromatic rings. The summed E-state index contributed by atoms with van der Waals surface area (Å²) < 4.78 is 47.3. The van der Waals surface area contributed by atoms with E-state index in [-0.39, 0.29) is 17.3 Å². The number of aromatic nitrogens is 3. The summed E-state index contributed by atoms with van der Waals surface area (Å²) in [6, 6.07) is 3.88. The second-order valence-electron chi connectivity index (χ2n) is 8.38.